The van der Waals surface area contributed by atoms with Crippen LogP contribution in [0.5, 0.6) is 11.5 Å². The van der Waals surface area contributed by atoms with Crippen molar-refractivity contribution in [1.29, 1.82) is 0 Å². The van der Waals surface area contributed by atoms with Gasteiger partial charge in [-0.05, 0) is 36.8 Å². The highest BCUT2D eigenvalue weighted by Gasteiger charge is 2.31. The lowest BCUT2D eigenvalue weighted by Gasteiger charge is -2.24. The SMILES string of the molecule is C[C@@H](NP(=O)(Oc1ccccc1)Oc1ccccc1)c1ccccc1. The minimum atomic E-state index is -3.63. The molecule has 0 radical (unpaired) electrons. The first-order chi connectivity index (χ1) is 12.1. The Balaban J connectivity index is 1.84. The number of rotatable bonds is 7. The molecular formula is C20H20NO3P. The van der Waals surface area contributed by atoms with E-state index in [4.69, 9.17) is 9.05 Å². The number of nitrogens with one attached hydrogen (secondary N) is 1. The molecule has 0 spiro atoms. The molecule has 5 heteroatoms. The molecule has 3 aromatic rings. The first-order valence-electron chi connectivity index (χ1n) is 8.07. The van der Waals surface area contributed by atoms with Gasteiger partial charge in [0, 0.05) is 6.04 Å². The lowest BCUT2D eigenvalue weighted by Crippen LogP contribution is -2.22. The molecule has 0 aliphatic rings. The summed E-state index contributed by atoms with van der Waals surface area (Å²) in [6.45, 7) is 1.92. The fraction of sp³-hybridized carbons (Fsp3) is 0.100. The first kappa shape index (κ1) is 17.3. The van der Waals surface area contributed by atoms with Gasteiger partial charge in [-0.3, -0.25) is 0 Å². The summed E-state index contributed by atoms with van der Waals surface area (Å²) >= 11 is 0. The van der Waals surface area contributed by atoms with E-state index in [2.05, 4.69) is 5.09 Å². The largest absolute Gasteiger partial charge is 0.513 e. The topological polar surface area (TPSA) is 47.6 Å². The molecule has 128 valence electrons. The average Bonchev–Trinajstić information content (AvgIpc) is 2.64. The van der Waals surface area contributed by atoms with Gasteiger partial charge in [0.05, 0.1) is 0 Å². The number of benzene rings is 3. The van der Waals surface area contributed by atoms with Gasteiger partial charge >= 0.3 is 7.75 Å². The summed E-state index contributed by atoms with van der Waals surface area (Å²) in [5.74, 6) is 0.962. The van der Waals surface area contributed by atoms with Crippen LogP contribution in [-0.4, -0.2) is 0 Å². The highest BCUT2D eigenvalue weighted by molar-refractivity contribution is 7.52. The van der Waals surface area contributed by atoms with Crippen molar-refractivity contribution in [2.45, 2.75) is 13.0 Å². The average molecular weight is 353 g/mol. The molecule has 0 fully saturated rings. The third kappa shape index (κ3) is 4.96. The molecular weight excluding hydrogens is 333 g/mol. The standard InChI is InChI=1S/C20H20NO3P/c1-17(18-11-5-2-6-12-18)21-25(22,23-19-13-7-3-8-14-19)24-20-15-9-4-10-16-20/h2-17H,1H3,(H,21,22)/t17-/m1/s1. The Morgan fingerprint density at radius 3 is 1.56 bits per heavy atom. The molecule has 0 bridgehead atoms. The van der Waals surface area contributed by atoms with Gasteiger partial charge < -0.3 is 9.05 Å². The van der Waals surface area contributed by atoms with Crippen LogP contribution in [0.2, 0.25) is 0 Å². The van der Waals surface area contributed by atoms with E-state index in [1.165, 1.54) is 0 Å². The van der Waals surface area contributed by atoms with E-state index in [0.717, 1.165) is 5.56 Å². The van der Waals surface area contributed by atoms with Crippen molar-refractivity contribution in [3.63, 3.8) is 0 Å². The van der Waals surface area contributed by atoms with Crippen LogP contribution >= 0.6 is 7.75 Å². The van der Waals surface area contributed by atoms with Gasteiger partial charge in [-0.15, -0.1) is 0 Å². The van der Waals surface area contributed by atoms with Crippen LogP contribution in [0.3, 0.4) is 0 Å². The summed E-state index contributed by atoms with van der Waals surface area (Å²) < 4.78 is 24.8. The molecule has 25 heavy (non-hydrogen) atoms. The summed E-state index contributed by atoms with van der Waals surface area (Å²) in [6, 6.07) is 27.6. The van der Waals surface area contributed by atoms with Crippen LogP contribution in [0, 0.1) is 0 Å². The van der Waals surface area contributed by atoms with Gasteiger partial charge in [-0.2, -0.15) is 5.09 Å². The van der Waals surface area contributed by atoms with Crippen LogP contribution in [0.15, 0.2) is 91.0 Å². The Bertz CT molecular complexity index is 780. The van der Waals surface area contributed by atoms with Crippen LogP contribution in [0.1, 0.15) is 18.5 Å². The molecule has 0 saturated carbocycles. The lowest BCUT2D eigenvalue weighted by atomic mass is 10.1. The monoisotopic (exact) mass is 353 g/mol. The Labute approximate surface area is 148 Å². The number of hydrogen-bond donors (Lipinski definition) is 1. The zero-order valence-electron chi connectivity index (χ0n) is 13.9. The maximum absolute atomic E-state index is 13.4. The molecule has 1 atom stereocenters. The molecule has 0 heterocycles. The quantitative estimate of drug-likeness (QED) is 0.561. The van der Waals surface area contributed by atoms with Gasteiger partial charge in [0.25, 0.3) is 0 Å². The van der Waals surface area contributed by atoms with Gasteiger partial charge in [0.1, 0.15) is 11.5 Å². The zero-order valence-corrected chi connectivity index (χ0v) is 14.8. The Kier molecular flexibility index (Phi) is 5.54. The van der Waals surface area contributed by atoms with Gasteiger partial charge in [-0.1, -0.05) is 66.7 Å². The predicted octanol–water partition coefficient (Wildman–Crippen LogP) is 5.60. The van der Waals surface area contributed by atoms with Crippen molar-refractivity contribution in [3.8, 4) is 11.5 Å². The normalized spacial score (nSPS) is 12.4. The van der Waals surface area contributed by atoms with Crippen molar-refractivity contribution in [2.75, 3.05) is 0 Å². The molecule has 1 N–H and O–H groups in total. The second-order valence-corrected chi connectivity index (χ2v) is 7.19. The van der Waals surface area contributed by atoms with Gasteiger partial charge in [0.15, 0.2) is 0 Å². The number of para-hydroxylation sites is 2. The minimum Gasteiger partial charge on any atom is -0.405 e. The first-order valence-corrected chi connectivity index (χ1v) is 9.61. The van der Waals surface area contributed by atoms with E-state index in [-0.39, 0.29) is 6.04 Å². The van der Waals surface area contributed by atoms with Crippen molar-refractivity contribution in [1.82, 2.24) is 5.09 Å². The smallest absolute Gasteiger partial charge is 0.405 e. The van der Waals surface area contributed by atoms with E-state index in [1.54, 1.807) is 24.3 Å². The summed E-state index contributed by atoms with van der Waals surface area (Å²) in [4.78, 5) is 0. The molecule has 0 aliphatic heterocycles. The second-order valence-electron chi connectivity index (χ2n) is 5.57. The van der Waals surface area contributed by atoms with Crippen molar-refractivity contribution in [3.05, 3.63) is 96.6 Å². The van der Waals surface area contributed by atoms with E-state index in [0.29, 0.717) is 11.5 Å². The van der Waals surface area contributed by atoms with E-state index < -0.39 is 7.75 Å². The highest BCUT2D eigenvalue weighted by Crippen LogP contribution is 2.46. The summed E-state index contributed by atoms with van der Waals surface area (Å²) in [5, 5.41) is 3.02. The lowest BCUT2D eigenvalue weighted by molar-refractivity contribution is 0.363. The Hall–Kier alpha value is -2.55. The third-order valence-electron chi connectivity index (χ3n) is 3.59. The van der Waals surface area contributed by atoms with Gasteiger partial charge in [0.2, 0.25) is 0 Å². The molecule has 0 saturated heterocycles. The van der Waals surface area contributed by atoms with E-state index in [1.807, 2.05) is 73.7 Å². The van der Waals surface area contributed by atoms with Gasteiger partial charge in [-0.25, -0.2) is 4.57 Å². The fourth-order valence-corrected chi connectivity index (χ4v) is 3.93. The van der Waals surface area contributed by atoms with Crippen LogP contribution in [-0.2, 0) is 4.57 Å². The van der Waals surface area contributed by atoms with Crippen molar-refractivity contribution < 1.29 is 13.6 Å². The molecule has 0 aromatic heterocycles. The van der Waals surface area contributed by atoms with Crippen molar-refractivity contribution in [2.24, 2.45) is 0 Å². The molecule has 4 nitrogen and oxygen atoms in total. The maximum Gasteiger partial charge on any atom is 0.513 e. The molecule has 0 amide bonds. The summed E-state index contributed by atoms with van der Waals surface area (Å²) in [5.41, 5.74) is 0.996. The Morgan fingerprint density at radius 2 is 1.12 bits per heavy atom. The summed E-state index contributed by atoms with van der Waals surface area (Å²) in [7, 11) is -3.63. The molecule has 0 aliphatic carbocycles. The highest BCUT2D eigenvalue weighted by atomic mass is 31.2. The maximum atomic E-state index is 13.4. The fourth-order valence-electron chi connectivity index (χ4n) is 2.37. The minimum absolute atomic E-state index is 0.209. The molecule has 0 unspecified atom stereocenters. The predicted molar refractivity (Wildman–Crippen MR) is 99.7 cm³/mol. The van der Waals surface area contributed by atoms with Crippen LogP contribution < -0.4 is 14.1 Å². The Morgan fingerprint density at radius 1 is 0.720 bits per heavy atom. The molecule has 3 rings (SSSR count). The second kappa shape index (κ2) is 8.02. The summed E-state index contributed by atoms with van der Waals surface area (Å²) in [6.07, 6.45) is 0. The van der Waals surface area contributed by atoms with Crippen LogP contribution in [0.25, 0.3) is 0 Å². The van der Waals surface area contributed by atoms with Crippen LogP contribution in [0.4, 0.5) is 0 Å². The number of hydrogen-bond acceptors (Lipinski definition) is 3. The van der Waals surface area contributed by atoms with E-state index >= 15 is 0 Å². The van der Waals surface area contributed by atoms with E-state index in [9.17, 15) is 4.57 Å². The zero-order chi connectivity index (χ0) is 17.5. The van der Waals surface area contributed by atoms with Crippen molar-refractivity contribution >= 4 is 7.75 Å². The molecule has 3 aromatic carbocycles. The third-order valence-corrected chi connectivity index (χ3v) is 5.19.